The maximum atomic E-state index is 8.67. The largest absolute Gasteiger partial charge is 1.00 e. The van der Waals surface area contributed by atoms with E-state index in [1.165, 1.54) is 0 Å². The molecule has 0 unspecified atom stereocenters. The Morgan fingerprint density at radius 1 is 0.333 bits per heavy atom. The van der Waals surface area contributed by atoms with Gasteiger partial charge in [0.15, 0.2) is 0 Å². The van der Waals surface area contributed by atoms with E-state index in [1.807, 2.05) is 0 Å². The molecule has 24 heavy (non-hydrogen) atoms. The van der Waals surface area contributed by atoms with E-state index < -0.39 is 56.8 Å². The number of hydrogen-bond acceptors (Lipinski definition) is 5. The fourth-order valence-corrected chi connectivity index (χ4v) is 0. The third-order valence-electron chi connectivity index (χ3n) is 0. The van der Waals surface area contributed by atoms with Crippen LogP contribution in [0.1, 0.15) is 5.71 Å². The standard InChI is InChI=1S/4Na.5H2O3S.4H/c;;;;5*1-4(2)3;;;;/h;;;;5*(H2,1,2,3);;;;/q4*+1;;;;;;4*-1. The van der Waals surface area contributed by atoms with Crippen LogP contribution < -0.4 is 118 Å². The summed E-state index contributed by atoms with van der Waals surface area (Å²) in [6, 6.07) is 0. The molecule has 0 fully saturated rings. The smallest absolute Gasteiger partial charge is 1.00 e. The van der Waals surface area contributed by atoms with E-state index >= 15 is 0 Å². The van der Waals surface area contributed by atoms with E-state index in [-0.39, 0.29) is 124 Å². The van der Waals surface area contributed by atoms with E-state index in [2.05, 4.69) is 0 Å². The van der Waals surface area contributed by atoms with Crippen molar-refractivity contribution in [3.8, 4) is 0 Å². The number of rotatable bonds is 0. The molecule has 138 valence electrons. The number of hydrogen-bond donors (Lipinski definition) is 10. The summed E-state index contributed by atoms with van der Waals surface area (Å²) in [5, 5.41) is 0. The van der Waals surface area contributed by atoms with Crippen molar-refractivity contribution in [3.63, 3.8) is 0 Å². The van der Waals surface area contributed by atoms with Gasteiger partial charge in [-0.1, -0.05) is 0 Å². The van der Waals surface area contributed by atoms with Crippen molar-refractivity contribution in [2.24, 2.45) is 0 Å². The zero-order chi connectivity index (χ0) is 17.9. The van der Waals surface area contributed by atoms with E-state index in [9.17, 15) is 0 Å². The maximum Gasteiger partial charge on any atom is 1.00 e. The minimum absolute atomic E-state index is 0. The summed E-state index contributed by atoms with van der Waals surface area (Å²) in [6.07, 6.45) is 0. The van der Waals surface area contributed by atoms with Gasteiger partial charge in [0.05, 0.1) is 0 Å². The summed E-state index contributed by atoms with van der Waals surface area (Å²) in [4.78, 5) is 0. The van der Waals surface area contributed by atoms with Crippen LogP contribution in [0.5, 0.6) is 0 Å². The maximum absolute atomic E-state index is 8.67. The Balaban J connectivity index is -0.00000000852. The minimum atomic E-state index is -2.61. The molecule has 0 bridgehead atoms. The van der Waals surface area contributed by atoms with Gasteiger partial charge in [-0.25, -0.2) is 0 Å². The third kappa shape index (κ3) is 895. The first-order valence-electron chi connectivity index (χ1n) is 2.66. The summed E-state index contributed by atoms with van der Waals surface area (Å²) < 4.78 is 114. The minimum Gasteiger partial charge on any atom is -1.00 e. The molecular formula is H14Na4O15S5. The van der Waals surface area contributed by atoms with Crippen LogP contribution in [0.15, 0.2) is 0 Å². The third-order valence-corrected chi connectivity index (χ3v) is 0. The van der Waals surface area contributed by atoms with E-state index in [0.717, 1.165) is 0 Å². The zero-order valence-corrected chi connectivity index (χ0v) is 24.6. The van der Waals surface area contributed by atoms with Crippen LogP contribution in [0, 0.1) is 0 Å². The molecule has 0 rings (SSSR count). The van der Waals surface area contributed by atoms with Crippen LogP contribution in [0.25, 0.3) is 0 Å². The van der Waals surface area contributed by atoms with E-state index in [0.29, 0.717) is 0 Å². The molecule has 0 aromatic rings. The van der Waals surface area contributed by atoms with Gasteiger partial charge in [-0.3, -0.25) is 45.5 Å². The molecule has 10 N–H and O–H groups in total. The van der Waals surface area contributed by atoms with Crippen LogP contribution in [0.4, 0.5) is 0 Å². The van der Waals surface area contributed by atoms with Gasteiger partial charge in [-0.2, -0.15) is 21.0 Å². The predicted molar refractivity (Wildman–Crippen MR) is 71.4 cm³/mol. The van der Waals surface area contributed by atoms with Crippen molar-refractivity contribution in [2.45, 2.75) is 0 Å². The second-order valence-electron chi connectivity index (χ2n) is 1.15. The monoisotopic (exact) mass is 506 g/mol. The molecule has 0 aliphatic carbocycles. The normalized spacial score (nSPS) is 7.29. The molecule has 0 amide bonds. The summed E-state index contributed by atoms with van der Waals surface area (Å²) in [7, 11) is 0. The molecule has 0 aliphatic heterocycles. The van der Waals surface area contributed by atoms with Crippen molar-refractivity contribution >= 4 is 56.8 Å². The molecule has 15 nitrogen and oxygen atoms in total. The summed E-state index contributed by atoms with van der Waals surface area (Å²) in [5.41, 5.74) is 0. The Morgan fingerprint density at radius 3 is 0.333 bits per heavy atom. The van der Waals surface area contributed by atoms with Crippen LogP contribution in [0.3, 0.4) is 0 Å². The first-order valence-corrected chi connectivity index (χ1v) is 7.98. The van der Waals surface area contributed by atoms with Crippen LogP contribution >= 0.6 is 0 Å². The SMILES string of the molecule is O=S(O)O.O=S(O)O.O=S(O)O.O=S(O)O.O=S(O)O.[H-].[H-].[H-].[H-].[Na+].[Na+].[Na+].[Na+]. The molecule has 0 aliphatic rings. The van der Waals surface area contributed by atoms with Gasteiger partial charge in [0.25, 0.3) is 56.8 Å². The fraction of sp³-hybridized carbons (Fsp3) is 0. The van der Waals surface area contributed by atoms with E-state index in [1.54, 1.807) is 0 Å². The van der Waals surface area contributed by atoms with Crippen LogP contribution in [-0.2, 0) is 56.8 Å². The second-order valence-corrected chi connectivity index (χ2v) is 3.46. The molecule has 0 atom stereocenters. The Hall–Kier alpha value is 4.35. The van der Waals surface area contributed by atoms with Gasteiger partial charge in [0.2, 0.25) is 0 Å². The van der Waals surface area contributed by atoms with Gasteiger partial charge in [0.1, 0.15) is 0 Å². The predicted octanol–water partition coefficient (Wildman–Crippen LogP) is -13.1. The van der Waals surface area contributed by atoms with Gasteiger partial charge < -0.3 is 5.71 Å². The Labute approximate surface area is 243 Å². The molecule has 0 saturated heterocycles. The Kier molecular flexibility index (Phi) is 120. The van der Waals surface area contributed by atoms with Gasteiger partial charge in [0, 0.05) is 0 Å². The summed E-state index contributed by atoms with van der Waals surface area (Å²) >= 11 is -13.1. The zero-order valence-electron chi connectivity index (χ0n) is 16.6. The molecule has 0 aromatic carbocycles. The average Bonchev–Trinajstić information content (AvgIpc) is 1.94. The van der Waals surface area contributed by atoms with Crippen molar-refractivity contribution in [1.29, 1.82) is 0 Å². The first-order chi connectivity index (χ1) is 8.66. The Morgan fingerprint density at radius 2 is 0.333 bits per heavy atom. The molecule has 24 heteroatoms. The quantitative estimate of drug-likeness (QED) is 0.108. The Bertz CT molecular complexity index is 233. The average molecular weight is 506 g/mol. The molecule has 0 aromatic heterocycles. The topological polar surface area (TPSA) is 288 Å². The molecule has 0 heterocycles. The second kappa shape index (κ2) is 50.7. The summed E-state index contributed by atoms with van der Waals surface area (Å²) in [5.74, 6) is 0. The molecule has 0 saturated carbocycles. The van der Waals surface area contributed by atoms with Gasteiger partial charge in [-0.05, 0) is 0 Å². The van der Waals surface area contributed by atoms with E-state index in [4.69, 9.17) is 66.6 Å². The van der Waals surface area contributed by atoms with Crippen molar-refractivity contribution in [3.05, 3.63) is 0 Å². The van der Waals surface area contributed by atoms with Crippen molar-refractivity contribution in [1.82, 2.24) is 0 Å². The van der Waals surface area contributed by atoms with Gasteiger partial charge >= 0.3 is 118 Å². The van der Waals surface area contributed by atoms with Crippen molar-refractivity contribution in [2.75, 3.05) is 0 Å². The molecule has 0 radical (unpaired) electrons. The van der Waals surface area contributed by atoms with Crippen molar-refractivity contribution < 1.29 is 191 Å². The summed E-state index contributed by atoms with van der Waals surface area (Å²) in [6.45, 7) is 0. The fourth-order valence-electron chi connectivity index (χ4n) is 0. The first kappa shape index (κ1) is 56.6. The molecular weight excluding hydrogens is 492 g/mol. The van der Waals surface area contributed by atoms with Gasteiger partial charge in [-0.15, -0.1) is 0 Å². The van der Waals surface area contributed by atoms with Crippen LogP contribution in [0.2, 0.25) is 0 Å². The van der Waals surface area contributed by atoms with Crippen LogP contribution in [-0.4, -0.2) is 66.6 Å². The molecule has 0 spiro atoms.